The summed E-state index contributed by atoms with van der Waals surface area (Å²) in [7, 11) is -2.00. The third-order valence-electron chi connectivity index (χ3n) is 5.29. The van der Waals surface area contributed by atoms with E-state index in [2.05, 4.69) is 5.32 Å². The summed E-state index contributed by atoms with van der Waals surface area (Å²) < 4.78 is 44.3. The van der Waals surface area contributed by atoms with Gasteiger partial charge >= 0.3 is 0 Å². The highest BCUT2D eigenvalue weighted by molar-refractivity contribution is 7.92. The Bertz CT molecular complexity index is 1180. The Hall–Kier alpha value is -3.39. The molecule has 0 radical (unpaired) electrons. The SMILES string of the molecule is CC[C@@H](NC(=O)c1ccc(N(Cc2ccc(F)cc2)S(C)(=O)=O)cc1)c1ccc(OC)cc1. The van der Waals surface area contributed by atoms with Gasteiger partial charge in [0.2, 0.25) is 10.0 Å². The number of hydrogen-bond donors (Lipinski definition) is 1. The Morgan fingerprint density at radius 1 is 1.00 bits per heavy atom. The number of amides is 1. The maximum atomic E-state index is 13.2. The van der Waals surface area contributed by atoms with E-state index in [9.17, 15) is 17.6 Å². The van der Waals surface area contributed by atoms with Crippen LogP contribution in [0.25, 0.3) is 0 Å². The number of anilines is 1. The lowest BCUT2D eigenvalue weighted by molar-refractivity contribution is 0.0935. The monoisotopic (exact) mass is 470 g/mol. The van der Waals surface area contributed by atoms with Gasteiger partial charge in [0.05, 0.1) is 31.6 Å². The molecule has 3 aromatic carbocycles. The Morgan fingerprint density at radius 2 is 1.61 bits per heavy atom. The predicted molar refractivity (Wildman–Crippen MR) is 127 cm³/mol. The number of halogens is 1. The van der Waals surface area contributed by atoms with Crippen LogP contribution < -0.4 is 14.4 Å². The van der Waals surface area contributed by atoms with Gasteiger partial charge in [-0.2, -0.15) is 0 Å². The van der Waals surface area contributed by atoms with Gasteiger partial charge < -0.3 is 10.1 Å². The summed E-state index contributed by atoms with van der Waals surface area (Å²) in [6.07, 6.45) is 1.81. The summed E-state index contributed by atoms with van der Waals surface area (Å²) in [4.78, 5) is 12.8. The van der Waals surface area contributed by atoms with Crippen molar-refractivity contribution in [2.75, 3.05) is 17.7 Å². The van der Waals surface area contributed by atoms with Crippen molar-refractivity contribution in [2.24, 2.45) is 0 Å². The molecule has 0 saturated carbocycles. The lowest BCUT2D eigenvalue weighted by atomic mass is 10.0. The average molecular weight is 471 g/mol. The van der Waals surface area contributed by atoms with Gasteiger partial charge in [0.15, 0.2) is 0 Å². The van der Waals surface area contributed by atoms with E-state index in [4.69, 9.17) is 4.74 Å². The largest absolute Gasteiger partial charge is 0.497 e. The molecule has 0 heterocycles. The van der Waals surface area contributed by atoms with Crippen molar-refractivity contribution < 1.29 is 22.3 Å². The molecule has 1 N–H and O–H groups in total. The molecule has 0 aliphatic carbocycles. The molecule has 0 bridgehead atoms. The fraction of sp³-hybridized carbons (Fsp3) is 0.240. The van der Waals surface area contributed by atoms with Gasteiger partial charge in [-0.05, 0) is 66.1 Å². The second-order valence-electron chi connectivity index (χ2n) is 7.65. The fourth-order valence-electron chi connectivity index (χ4n) is 3.43. The molecule has 3 rings (SSSR count). The summed E-state index contributed by atoms with van der Waals surface area (Å²) in [5, 5.41) is 3.01. The van der Waals surface area contributed by atoms with Crippen molar-refractivity contribution >= 4 is 21.6 Å². The van der Waals surface area contributed by atoms with E-state index < -0.39 is 10.0 Å². The van der Waals surface area contributed by atoms with Crippen LogP contribution in [0.3, 0.4) is 0 Å². The number of ether oxygens (including phenoxy) is 1. The zero-order valence-electron chi connectivity index (χ0n) is 18.8. The predicted octanol–water partition coefficient (Wildman–Crippen LogP) is 4.68. The van der Waals surface area contributed by atoms with E-state index in [0.717, 1.165) is 17.6 Å². The maximum absolute atomic E-state index is 13.2. The molecular formula is C25H27FN2O4S. The van der Waals surface area contributed by atoms with Crippen LogP contribution in [0.15, 0.2) is 72.8 Å². The summed E-state index contributed by atoms with van der Waals surface area (Å²) in [6, 6.07) is 19.4. The van der Waals surface area contributed by atoms with Gasteiger partial charge in [-0.1, -0.05) is 31.2 Å². The van der Waals surface area contributed by atoms with Crippen molar-refractivity contribution in [1.82, 2.24) is 5.32 Å². The number of sulfonamides is 1. The van der Waals surface area contributed by atoms with E-state index in [-0.39, 0.29) is 24.3 Å². The summed E-state index contributed by atoms with van der Waals surface area (Å²) in [5.41, 5.74) is 2.45. The number of benzene rings is 3. The van der Waals surface area contributed by atoms with Gasteiger partial charge in [0, 0.05) is 5.56 Å². The zero-order valence-corrected chi connectivity index (χ0v) is 19.6. The number of carbonyl (C=O) groups is 1. The second-order valence-corrected chi connectivity index (χ2v) is 9.56. The first kappa shape index (κ1) is 24.3. The Kier molecular flexibility index (Phi) is 7.71. The molecule has 1 atom stereocenters. The van der Waals surface area contributed by atoms with Crippen LogP contribution in [0.2, 0.25) is 0 Å². The number of hydrogen-bond acceptors (Lipinski definition) is 4. The minimum atomic E-state index is -3.60. The number of nitrogens with one attached hydrogen (secondary N) is 1. The van der Waals surface area contributed by atoms with Gasteiger partial charge in [-0.3, -0.25) is 9.10 Å². The molecule has 0 aliphatic heterocycles. The first-order chi connectivity index (χ1) is 15.7. The fourth-order valence-corrected chi connectivity index (χ4v) is 4.32. The Labute approximate surface area is 194 Å². The standard InChI is InChI=1S/C25H27FN2O4S/c1-4-24(19-9-15-23(32-2)16-10-19)27-25(29)20-7-13-22(14-8-20)28(33(3,30)31)17-18-5-11-21(26)12-6-18/h5-16,24H,4,17H2,1-3H3,(H,27,29)/t24-/m1/s1. The van der Waals surface area contributed by atoms with E-state index in [0.29, 0.717) is 23.2 Å². The van der Waals surface area contributed by atoms with Gasteiger partial charge in [0.25, 0.3) is 5.91 Å². The lowest BCUT2D eigenvalue weighted by Crippen LogP contribution is -2.30. The number of methoxy groups -OCH3 is 1. The minimum Gasteiger partial charge on any atom is -0.497 e. The molecule has 0 saturated heterocycles. The number of nitrogens with zero attached hydrogens (tertiary/aromatic N) is 1. The Morgan fingerprint density at radius 3 is 2.12 bits per heavy atom. The normalized spacial score (nSPS) is 12.1. The van der Waals surface area contributed by atoms with Crippen LogP contribution in [0.4, 0.5) is 10.1 Å². The molecule has 1 amide bonds. The summed E-state index contributed by atoms with van der Waals surface area (Å²) in [6.45, 7) is 2.04. The maximum Gasteiger partial charge on any atom is 0.251 e. The van der Waals surface area contributed by atoms with E-state index in [1.807, 2.05) is 31.2 Å². The van der Waals surface area contributed by atoms with Gasteiger partial charge in [0.1, 0.15) is 11.6 Å². The molecule has 8 heteroatoms. The molecular weight excluding hydrogens is 443 g/mol. The molecule has 174 valence electrons. The summed E-state index contributed by atoms with van der Waals surface area (Å²) >= 11 is 0. The van der Waals surface area contributed by atoms with E-state index in [1.165, 1.54) is 16.4 Å². The van der Waals surface area contributed by atoms with Gasteiger partial charge in [-0.25, -0.2) is 12.8 Å². The molecule has 0 unspecified atom stereocenters. The first-order valence-corrected chi connectivity index (χ1v) is 12.3. The van der Waals surface area contributed by atoms with Crippen molar-refractivity contribution in [3.05, 3.63) is 95.3 Å². The van der Waals surface area contributed by atoms with Crippen LogP contribution in [0, 0.1) is 5.82 Å². The third-order valence-corrected chi connectivity index (χ3v) is 6.43. The highest BCUT2D eigenvalue weighted by Gasteiger charge is 2.19. The molecule has 0 aromatic heterocycles. The van der Waals surface area contributed by atoms with Crippen molar-refractivity contribution in [1.29, 1.82) is 0 Å². The highest BCUT2D eigenvalue weighted by atomic mass is 32.2. The Balaban J connectivity index is 1.76. The van der Waals surface area contributed by atoms with E-state index in [1.54, 1.807) is 43.5 Å². The molecule has 0 aliphatic rings. The van der Waals surface area contributed by atoms with Crippen molar-refractivity contribution in [2.45, 2.75) is 25.9 Å². The smallest absolute Gasteiger partial charge is 0.251 e. The topological polar surface area (TPSA) is 75.7 Å². The van der Waals surface area contributed by atoms with E-state index >= 15 is 0 Å². The van der Waals surface area contributed by atoms with Crippen molar-refractivity contribution in [3.8, 4) is 5.75 Å². The summed E-state index contributed by atoms with van der Waals surface area (Å²) in [5.74, 6) is 0.0975. The molecule has 33 heavy (non-hydrogen) atoms. The molecule has 6 nitrogen and oxygen atoms in total. The molecule has 0 fully saturated rings. The quantitative estimate of drug-likeness (QED) is 0.493. The zero-order chi connectivity index (χ0) is 24.0. The lowest BCUT2D eigenvalue weighted by Gasteiger charge is -2.23. The highest BCUT2D eigenvalue weighted by Crippen LogP contribution is 2.23. The van der Waals surface area contributed by atoms with Crippen LogP contribution in [0.1, 0.15) is 40.9 Å². The minimum absolute atomic E-state index is 0.0556. The third kappa shape index (κ3) is 6.32. The average Bonchev–Trinajstić information content (AvgIpc) is 2.81. The number of rotatable bonds is 9. The first-order valence-electron chi connectivity index (χ1n) is 10.5. The van der Waals surface area contributed by atoms with Gasteiger partial charge in [-0.15, -0.1) is 0 Å². The van der Waals surface area contributed by atoms with Crippen LogP contribution in [-0.4, -0.2) is 27.7 Å². The van der Waals surface area contributed by atoms with Crippen LogP contribution in [0.5, 0.6) is 5.75 Å². The van der Waals surface area contributed by atoms with Crippen LogP contribution >= 0.6 is 0 Å². The molecule has 3 aromatic rings. The second kappa shape index (κ2) is 10.5. The van der Waals surface area contributed by atoms with Crippen LogP contribution in [-0.2, 0) is 16.6 Å². The number of carbonyl (C=O) groups excluding carboxylic acids is 1. The van der Waals surface area contributed by atoms with Crippen molar-refractivity contribution in [3.63, 3.8) is 0 Å². The molecule has 0 spiro atoms.